The van der Waals surface area contributed by atoms with Gasteiger partial charge in [-0.25, -0.2) is 4.98 Å². The van der Waals surface area contributed by atoms with E-state index < -0.39 is 0 Å². The zero-order valence-corrected chi connectivity index (χ0v) is 15.8. The van der Waals surface area contributed by atoms with E-state index in [2.05, 4.69) is 21.8 Å². The molecule has 1 saturated heterocycles. The molecule has 2 aliphatic rings. The van der Waals surface area contributed by atoms with Gasteiger partial charge in [0, 0.05) is 44.9 Å². The fourth-order valence-corrected chi connectivity index (χ4v) is 3.94. The van der Waals surface area contributed by atoms with Gasteiger partial charge in [-0.05, 0) is 44.2 Å². The van der Waals surface area contributed by atoms with Crippen LogP contribution in [0.5, 0.6) is 0 Å². The van der Waals surface area contributed by atoms with Gasteiger partial charge < -0.3 is 23.4 Å². The number of aromatic nitrogens is 2. The van der Waals surface area contributed by atoms with Crippen molar-refractivity contribution < 1.29 is 18.7 Å². The van der Waals surface area contributed by atoms with Crippen LogP contribution in [0.1, 0.15) is 47.2 Å². The molecule has 0 saturated carbocycles. The molecule has 2 aromatic heterocycles. The third kappa shape index (κ3) is 4.09. The zero-order chi connectivity index (χ0) is 18.6. The smallest absolute Gasteiger partial charge is 0.291 e. The van der Waals surface area contributed by atoms with E-state index in [0.29, 0.717) is 37.1 Å². The number of nitrogens with zero attached hydrogens (tertiary/aromatic N) is 3. The molecular weight excluding hydrogens is 346 g/mol. The molecule has 1 fully saturated rings. The van der Waals surface area contributed by atoms with E-state index in [9.17, 15) is 4.79 Å². The number of hydrogen-bond donors (Lipinski definition) is 0. The lowest BCUT2D eigenvalue weighted by atomic mass is 10.0. The first kappa shape index (κ1) is 18.3. The maximum atomic E-state index is 12.8. The van der Waals surface area contributed by atoms with Crippen molar-refractivity contribution in [1.29, 1.82) is 0 Å². The van der Waals surface area contributed by atoms with Crippen LogP contribution in [0.4, 0.5) is 0 Å². The molecule has 27 heavy (non-hydrogen) atoms. The minimum Gasteiger partial charge on any atom is -0.438 e. The first-order chi connectivity index (χ1) is 13.2. The second kappa shape index (κ2) is 8.27. The van der Waals surface area contributed by atoms with Crippen LogP contribution >= 0.6 is 0 Å². The van der Waals surface area contributed by atoms with Gasteiger partial charge in [0.25, 0.3) is 5.91 Å². The number of carbonyl (C=O) groups is 1. The Bertz CT molecular complexity index is 763. The highest BCUT2D eigenvalue weighted by molar-refractivity contribution is 5.92. The number of ether oxygens (including phenoxy) is 2. The standard InChI is InChI=1S/C20H27N3O4/c1-15-19(27-14-21-15)20(24)22-11-17-3-2-7-23(17)18(12-22)6-10-26-13-16-4-8-25-9-5-16/h2-3,7,14,16,18H,4-6,8-13H2,1H3. The highest BCUT2D eigenvalue weighted by atomic mass is 16.5. The highest BCUT2D eigenvalue weighted by Gasteiger charge is 2.30. The van der Waals surface area contributed by atoms with Crippen molar-refractivity contribution in [3.63, 3.8) is 0 Å². The van der Waals surface area contributed by atoms with Crippen molar-refractivity contribution in [2.45, 2.75) is 38.8 Å². The number of amides is 1. The summed E-state index contributed by atoms with van der Waals surface area (Å²) in [6, 6.07) is 4.33. The summed E-state index contributed by atoms with van der Waals surface area (Å²) in [7, 11) is 0. The number of fused-ring (bicyclic) bond motifs is 1. The monoisotopic (exact) mass is 373 g/mol. The van der Waals surface area contributed by atoms with Crippen LogP contribution in [0.25, 0.3) is 0 Å². The molecule has 1 atom stereocenters. The molecule has 4 rings (SSSR count). The van der Waals surface area contributed by atoms with Gasteiger partial charge in [-0.3, -0.25) is 4.79 Å². The summed E-state index contributed by atoms with van der Waals surface area (Å²) in [4.78, 5) is 18.7. The number of hydrogen-bond acceptors (Lipinski definition) is 5. The molecule has 0 N–H and O–H groups in total. The van der Waals surface area contributed by atoms with Crippen molar-refractivity contribution in [2.24, 2.45) is 5.92 Å². The molecule has 0 aliphatic carbocycles. The molecule has 146 valence electrons. The third-order valence-electron chi connectivity index (χ3n) is 5.56. The molecule has 0 bridgehead atoms. The Balaban J connectivity index is 1.35. The number of aryl methyl sites for hydroxylation is 1. The molecule has 7 nitrogen and oxygen atoms in total. The van der Waals surface area contributed by atoms with Crippen LogP contribution in [-0.4, -0.2) is 53.3 Å². The Kier molecular flexibility index (Phi) is 5.59. The first-order valence-electron chi connectivity index (χ1n) is 9.73. The Hall–Kier alpha value is -2.12. The van der Waals surface area contributed by atoms with E-state index in [-0.39, 0.29) is 11.9 Å². The largest absolute Gasteiger partial charge is 0.438 e. The first-order valence-corrected chi connectivity index (χ1v) is 9.73. The summed E-state index contributed by atoms with van der Waals surface area (Å²) in [5.41, 5.74) is 1.78. The minimum atomic E-state index is -0.0921. The molecule has 1 amide bonds. The second-order valence-electron chi connectivity index (χ2n) is 7.43. The van der Waals surface area contributed by atoms with Crippen molar-refractivity contribution in [3.05, 3.63) is 41.9 Å². The lowest BCUT2D eigenvalue weighted by Gasteiger charge is -2.35. The lowest BCUT2D eigenvalue weighted by Crippen LogP contribution is -2.41. The second-order valence-corrected chi connectivity index (χ2v) is 7.43. The molecule has 1 unspecified atom stereocenters. The maximum absolute atomic E-state index is 12.8. The van der Waals surface area contributed by atoms with E-state index in [1.54, 1.807) is 6.92 Å². The van der Waals surface area contributed by atoms with E-state index in [4.69, 9.17) is 13.9 Å². The number of oxazole rings is 1. The summed E-state index contributed by atoms with van der Waals surface area (Å²) in [5.74, 6) is 0.856. The molecule has 7 heteroatoms. The van der Waals surface area contributed by atoms with E-state index >= 15 is 0 Å². The summed E-state index contributed by atoms with van der Waals surface area (Å²) in [6.45, 7) is 6.23. The number of rotatable bonds is 6. The van der Waals surface area contributed by atoms with E-state index in [1.165, 1.54) is 6.39 Å². The molecule has 4 heterocycles. The normalized spacial score (nSPS) is 20.6. The Labute approximate surface area is 159 Å². The van der Waals surface area contributed by atoms with Crippen LogP contribution in [-0.2, 0) is 16.0 Å². The number of carbonyl (C=O) groups excluding carboxylic acids is 1. The van der Waals surface area contributed by atoms with E-state index in [0.717, 1.165) is 44.8 Å². The van der Waals surface area contributed by atoms with Gasteiger partial charge in [-0.1, -0.05) is 0 Å². The molecule has 0 spiro atoms. The van der Waals surface area contributed by atoms with Crippen molar-refractivity contribution in [3.8, 4) is 0 Å². The van der Waals surface area contributed by atoms with Crippen molar-refractivity contribution in [1.82, 2.24) is 14.5 Å². The maximum Gasteiger partial charge on any atom is 0.291 e. The molecule has 0 aromatic carbocycles. The van der Waals surface area contributed by atoms with Crippen molar-refractivity contribution >= 4 is 5.91 Å². The highest BCUT2D eigenvalue weighted by Crippen LogP contribution is 2.26. The van der Waals surface area contributed by atoms with Gasteiger partial charge in [0.1, 0.15) is 0 Å². The molecular formula is C20H27N3O4. The fraction of sp³-hybridized carbons (Fsp3) is 0.600. The van der Waals surface area contributed by atoms with Crippen molar-refractivity contribution in [2.75, 3.05) is 33.0 Å². The van der Waals surface area contributed by atoms with Crippen LogP contribution < -0.4 is 0 Å². The van der Waals surface area contributed by atoms with Crippen LogP contribution in [0.2, 0.25) is 0 Å². The molecule has 2 aliphatic heterocycles. The summed E-state index contributed by atoms with van der Waals surface area (Å²) < 4.78 is 18.9. The topological polar surface area (TPSA) is 69.7 Å². The predicted molar refractivity (Wildman–Crippen MR) is 98.4 cm³/mol. The Morgan fingerprint density at radius 3 is 3.00 bits per heavy atom. The van der Waals surface area contributed by atoms with Gasteiger partial charge in [-0.2, -0.15) is 0 Å². The average Bonchev–Trinajstić information content (AvgIpc) is 3.34. The van der Waals surface area contributed by atoms with Crippen LogP contribution in [0, 0.1) is 12.8 Å². The lowest BCUT2D eigenvalue weighted by molar-refractivity contribution is 0.0160. The van der Waals surface area contributed by atoms with Gasteiger partial charge in [0.2, 0.25) is 5.76 Å². The van der Waals surface area contributed by atoms with E-state index in [1.807, 2.05) is 11.0 Å². The van der Waals surface area contributed by atoms with Crippen LogP contribution in [0.3, 0.4) is 0 Å². The predicted octanol–water partition coefficient (Wildman–Crippen LogP) is 2.81. The summed E-state index contributed by atoms with van der Waals surface area (Å²) in [5, 5.41) is 0. The van der Waals surface area contributed by atoms with Crippen LogP contribution in [0.15, 0.2) is 29.1 Å². The fourth-order valence-electron chi connectivity index (χ4n) is 3.94. The Morgan fingerprint density at radius 1 is 1.37 bits per heavy atom. The molecule has 2 aromatic rings. The summed E-state index contributed by atoms with van der Waals surface area (Å²) in [6.07, 6.45) is 6.48. The average molecular weight is 373 g/mol. The van der Waals surface area contributed by atoms with Gasteiger partial charge in [-0.15, -0.1) is 0 Å². The van der Waals surface area contributed by atoms with Gasteiger partial charge in [0.05, 0.1) is 18.3 Å². The minimum absolute atomic E-state index is 0.0921. The quantitative estimate of drug-likeness (QED) is 0.728. The molecule has 0 radical (unpaired) electrons. The SMILES string of the molecule is Cc1ncoc1C(=O)N1Cc2cccn2C(CCOCC2CCOCC2)C1. The Morgan fingerprint density at radius 2 is 2.22 bits per heavy atom. The van der Waals surface area contributed by atoms with Gasteiger partial charge in [0.15, 0.2) is 6.39 Å². The zero-order valence-electron chi connectivity index (χ0n) is 15.8. The summed E-state index contributed by atoms with van der Waals surface area (Å²) >= 11 is 0. The third-order valence-corrected chi connectivity index (χ3v) is 5.56. The van der Waals surface area contributed by atoms with Gasteiger partial charge >= 0.3 is 0 Å².